The number of fused-ring (bicyclic) bond motifs is 2. The highest BCUT2D eigenvalue weighted by Crippen LogP contribution is 2.37. The fraction of sp³-hybridized carbons (Fsp3) is 0.292. The van der Waals surface area contributed by atoms with Crippen LogP contribution in [-0.2, 0) is 45.0 Å². The van der Waals surface area contributed by atoms with E-state index in [1.807, 2.05) is 44.7 Å². The monoisotopic (exact) mass is 932 g/mol. The van der Waals surface area contributed by atoms with E-state index >= 15 is 0 Å². The summed E-state index contributed by atoms with van der Waals surface area (Å²) >= 11 is 0. The maximum absolute atomic E-state index is 13.5. The number of unbranched alkanes of at least 4 members (excludes halogenated alkanes) is 1. The Morgan fingerprint density at radius 1 is 0.692 bits per heavy atom. The van der Waals surface area contributed by atoms with E-state index in [0.717, 1.165) is 69.8 Å². The molecule has 0 spiro atoms. The van der Waals surface area contributed by atoms with Gasteiger partial charge >= 0.3 is 0 Å². The summed E-state index contributed by atoms with van der Waals surface area (Å²) < 4.78 is 65.6. The molecule has 0 fully saturated rings. The number of benzene rings is 2. The molecule has 17 heteroatoms. The number of hydrogen-bond acceptors (Lipinski definition) is 10. The zero-order chi connectivity index (χ0) is 46.6. The molecule has 8 rings (SSSR count). The molecule has 0 atom stereocenters. The first-order chi connectivity index (χ1) is 30.9. The first-order valence-corrected chi connectivity index (χ1v) is 27.2. The molecule has 340 valence electrons. The normalized spacial score (nSPS) is 12.6. The van der Waals surface area contributed by atoms with Gasteiger partial charge in [-0.2, -0.15) is 10.2 Å². The number of nitrogens with zero attached hydrogens (tertiary/aromatic N) is 8. The van der Waals surface area contributed by atoms with Crippen molar-refractivity contribution < 1.29 is 26.4 Å². The molecule has 14 nitrogen and oxygen atoms in total. The molecule has 6 heterocycles. The summed E-state index contributed by atoms with van der Waals surface area (Å²) in [7, 11) is -5.71. The number of aliphatic hydroxyl groups excluding tert-OH is 1. The first-order valence-electron chi connectivity index (χ1n) is 21.4. The van der Waals surface area contributed by atoms with Gasteiger partial charge in [0.05, 0.1) is 22.2 Å². The van der Waals surface area contributed by atoms with Gasteiger partial charge in [0.2, 0.25) is 0 Å². The van der Waals surface area contributed by atoms with E-state index in [0.29, 0.717) is 17.9 Å². The van der Waals surface area contributed by atoms with Crippen LogP contribution in [0.4, 0.5) is 0 Å². The summed E-state index contributed by atoms with van der Waals surface area (Å²) in [6.07, 6.45) is 21.1. The van der Waals surface area contributed by atoms with Gasteiger partial charge in [-0.15, -0.1) is 0 Å². The lowest BCUT2D eigenvalue weighted by Gasteiger charge is -2.36. The number of aromatic nitrogens is 8. The summed E-state index contributed by atoms with van der Waals surface area (Å²) in [6, 6.07) is 20.7. The van der Waals surface area contributed by atoms with Crippen molar-refractivity contribution in [1.29, 1.82) is 0 Å². The summed E-state index contributed by atoms with van der Waals surface area (Å²) in [5.74, 6) is 0. The molecular weight excluding hydrogens is 877 g/mol. The molecule has 0 aliphatic carbocycles. The topological polar surface area (TPSA) is 169 Å². The van der Waals surface area contributed by atoms with E-state index in [1.165, 1.54) is 7.94 Å². The lowest BCUT2D eigenvalue weighted by atomic mass is 10.1. The average Bonchev–Trinajstić information content (AvgIpc) is 4.09. The zero-order valence-electron chi connectivity index (χ0n) is 37.8. The summed E-state index contributed by atoms with van der Waals surface area (Å²) in [5, 5.41) is 19.2. The second-order valence-corrected chi connectivity index (χ2v) is 25.9. The third kappa shape index (κ3) is 10.3. The van der Waals surface area contributed by atoms with Gasteiger partial charge in [0.1, 0.15) is 0 Å². The Bertz CT molecular complexity index is 3170. The zero-order valence-corrected chi connectivity index (χ0v) is 40.5. The Morgan fingerprint density at radius 3 is 1.68 bits per heavy atom. The molecule has 0 amide bonds. The first kappa shape index (κ1) is 47.0. The molecule has 65 heavy (non-hydrogen) atoms. The third-order valence-corrected chi connectivity index (χ3v) is 19.5. The van der Waals surface area contributed by atoms with Crippen LogP contribution >= 0.6 is 0 Å². The Kier molecular flexibility index (Phi) is 13.9. The Hall–Kier alpha value is -5.98. The molecule has 8 aromatic rings. The van der Waals surface area contributed by atoms with Crippen LogP contribution in [0, 0.1) is 0 Å². The standard InChI is InChI=1S/C27H34N4O3SSi.C21H22N4O3S/c1-27(2,3)36(5,6)34-15-11-10-12-21-16-24-25(22-18-29-30(4)19-22)20-31(26(24)28-17-21)35(32,33)23-13-8-7-9-14-23;1-24-14-17(13-23-24)20-15-25(29(27,28)18-8-3-2-4-9-18)21-19(20)11-16(12-22-21)7-5-6-10-26/h7-10,12-14,16-20H,11,15H2,1-6H3;2-4,8-9,11-15,26H,5-7,10H2,1H3/b12-10+;. The SMILES string of the molecule is Cn1cc(-c2cn(S(=O)(=O)c3ccccc3)c3ncc(/C=C/CCO[Si](C)(C)C(C)(C)C)cc23)cn1.Cn1cc(-c2cn(S(=O)(=O)c3ccccc3)c3ncc(CCCCO)cc23)cn1. The molecule has 2 aromatic carbocycles. The smallest absolute Gasteiger partial charge is 0.269 e. The molecule has 0 unspecified atom stereocenters. The van der Waals surface area contributed by atoms with Crippen molar-refractivity contribution in [2.75, 3.05) is 13.2 Å². The van der Waals surface area contributed by atoms with Crippen LogP contribution in [0.5, 0.6) is 0 Å². The van der Waals surface area contributed by atoms with Crippen molar-refractivity contribution in [2.24, 2.45) is 14.1 Å². The van der Waals surface area contributed by atoms with E-state index in [1.54, 1.807) is 107 Å². The fourth-order valence-electron chi connectivity index (χ4n) is 7.06. The van der Waals surface area contributed by atoms with Crippen molar-refractivity contribution in [3.05, 3.63) is 140 Å². The van der Waals surface area contributed by atoms with Gasteiger partial charge in [-0.1, -0.05) is 69.3 Å². The summed E-state index contributed by atoms with van der Waals surface area (Å²) in [5.41, 5.74) is 5.87. The maximum atomic E-state index is 13.5. The molecule has 6 aromatic heterocycles. The molecule has 0 radical (unpaired) electrons. The molecule has 0 aliphatic rings. The highest BCUT2D eigenvalue weighted by atomic mass is 32.2. The van der Waals surface area contributed by atoms with Gasteiger partial charge in [-0.05, 0) is 91.3 Å². The van der Waals surface area contributed by atoms with Gasteiger partial charge in [-0.25, -0.2) is 34.7 Å². The van der Waals surface area contributed by atoms with Gasteiger partial charge < -0.3 is 9.53 Å². The van der Waals surface area contributed by atoms with Crippen molar-refractivity contribution >= 4 is 56.5 Å². The van der Waals surface area contributed by atoms with Gasteiger partial charge in [0.25, 0.3) is 20.0 Å². The van der Waals surface area contributed by atoms with Gasteiger partial charge in [-0.3, -0.25) is 9.36 Å². The maximum Gasteiger partial charge on any atom is 0.269 e. The van der Waals surface area contributed by atoms with E-state index in [2.05, 4.69) is 60.1 Å². The predicted molar refractivity (Wildman–Crippen MR) is 259 cm³/mol. The lowest BCUT2D eigenvalue weighted by Crippen LogP contribution is -2.40. The van der Waals surface area contributed by atoms with Crippen LogP contribution in [0.3, 0.4) is 0 Å². The van der Waals surface area contributed by atoms with E-state index in [-0.39, 0.29) is 21.4 Å². The van der Waals surface area contributed by atoms with E-state index < -0.39 is 28.4 Å². The highest BCUT2D eigenvalue weighted by molar-refractivity contribution is 7.90. The Balaban J connectivity index is 0.000000198. The number of hydrogen-bond donors (Lipinski definition) is 1. The van der Waals surface area contributed by atoms with Crippen LogP contribution < -0.4 is 0 Å². The minimum Gasteiger partial charge on any atom is -0.417 e. The Morgan fingerprint density at radius 2 is 1.20 bits per heavy atom. The van der Waals surface area contributed by atoms with Crippen LogP contribution in [0.1, 0.15) is 51.2 Å². The molecule has 0 bridgehead atoms. The van der Waals surface area contributed by atoms with Crippen LogP contribution in [0.15, 0.2) is 138 Å². The lowest BCUT2D eigenvalue weighted by molar-refractivity contribution is 0.284. The number of aliphatic hydroxyl groups is 1. The quantitative estimate of drug-likeness (QED) is 0.0773. The van der Waals surface area contributed by atoms with Gasteiger partial charge in [0, 0.05) is 97.5 Å². The highest BCUT2D eigenvalue weighted by Gasteiger charge is 2.36. The molecule has 0 saturated carbocycles. The van der Waals surface area contributed by atoms with Crippen molar-refractivity contribution in [3.63, 3.8) is 0 Å². The van der Waals surface area contributed by atoms with Gasteiger partial charge in [0.15, 0.2) is 19.6 Å². The van der Waals surface area contributed by atoms with E-state index in [4.69, 9.17) is 9.53 Å². The van der Waals surface area contributed by atoms with Crippen molar-refractivity contribution in [3.8, 4) is 22.3 Å². The summed E-state index contributed by atoms with van der Waals surface area (Å²) in [4.78, 5) is 9.50. The van der Waals surface area contributed by atoms with Crippen LogP contribution in [-0.4, -0.2) is 80.9 Å². The number of pyridine rings is 2. The third-order valence-electron chi connectivity index (χ3n) is 11.7. The summed E-state index contributed by atoms with van der Waals surface area (Å²) in [6.45, 7) is 12.0. The number of rotatable bonds is 15. The molecule has 0 saturated heterocycles. The van der Waals surface area contributed by atoms with Crippen LogP contribution in [0.25, 0.3) is 50.4 Å². The molecular formula is C48H56N8O6S2Si. The molecule has 0 aliphatic heterocycles. The largest absolute Gasteiger partial charge is 0.417 e. The second kappa shape index (κ2) is 19.2. The minimum atomic E-state index is -3.81. The Labute approximate surface area is 382 Å². The predicted octanol–water partition coefficient (Wildman–Crippen LogP) is 9.09. The fourth-order valence-corrected chi connectivity index (χ4v) is 10.8. The number of aryl methyl sites for hydroxylation is 3. The van der Waals surface area contributed by atoms with Crippen LogP contribution in [0.2, 0.25) is 18.1 Å². The minimum absolute atomic E-state index is 0.155. The van der Waals surface area contributed by atoms with Crippen molar-refractivity contribution in [1.82, 2.24) is 37.5 Å². The van der Waals surface area contributed by atoms with E-state index in [9.17, 15) is 16.8 Å². The average molecular weight is 933 g/mol. The van der Waals surface area contributed by atoms with Crippen molar-refractivity contribution in [2.45, 2.75) is 74.4 Å². The second-order valence-electron chi connectivity index (χ2n) is 17.5. The molecule has 1 N–H and O–H groups in total.